The number of hydrogen-bond donors (Lipinski definition) is 0. The summed E-state index contributed by atoms with van der Waals surface area (Å²) in [6.07, 6.45) is 3.47. The zero-order valence-electron chi connectivity index (χ0n) is 16.5. The monoisotopic (exact) mass is 360 g/mol. The standard InChI is InChI=1S/C28H24/c1-28(2)16-15-19-12-8-14-22-24(18-9-4-3-5-10-18)26-21-13-7-6-11-20(21)17-23(26)27(28)25(19)22/h3-14H,15-17H2,1-2H3. The smallest absolute Gasteiger partial charge is 0.00101 e. The predicted molar refractivity (Wildman–Crippen MR) is 119 cm³/mol. The minimum Gasteiger partial charge on any atom is -0.0622 e. The molecule has 2 aliphatic carbocycles. The number of rotatable bonds is 1. The molecule has 0 aromatic heterocycles. The summed E-state index contributed by atoms with van der Waals surface area (Å²) in [7, 11) is 0. The maximum Gasteiger partial charge on any atom is -0.00101 e. The number of benzene rings is 4. The molecular formula is C28H24. The van der Waals surface area contributed by atoms with E-state index in [9.17, 15) is 0 Å². The third-order valence-electron chi connectivity index (χ3n) is 6.94. The third-order valence-corrected chi connectivity index (χ3v) is 6.94. The van der Waals surface area contributed by atoms with Gasteiger partial charge < -0.3 is 0 Å². The predicted octanol–water partition coefficient (Wildman–Crippen LogP) is 7.30. The van der Waals surface area contributed by atoms with Crippen molar-refractivity contribution in [2.45, 2.75) is 38.5 Å². The quantitative estimate of drug-likeness (QED) is 0.294. The Balaban J connectivity index is 1.87. The number of aryl methyl sites for hydroxylation is 1. The zero-order chi connectivity index (χ0) is 18.9. The van der Waals surface area contributed by atoms with Gasteiger partial charge in [-0.1, -0.05) is 86.6 Å². The molecule has 28 heavy (non-hydrogen) atoms. The van der Waals surface area contributed by atoms with Crippen molar-refractivity contribution < 1.29 is 0 Å². The number of fused-ring (bicyclic) bond motifs is 4. The van der Waals surface area contributed by atoms with Crippen molar-refractivity contribution in [2.75, 3.05) is 0 Å². The highest BCUT2D eigenvalue weighted by molar-refractivity contribution is 6.10. The van der Waals surface area contributed by atoms with Gasteiger partial charge in [-0.15, -0.1) is 0 Å². The molecule has 0 saturated carbocycles. The van der Waals surface area contributed by atoms with Gasteiger partial charge in [-0.3, -0.25) is 0 Å². The van der Waals surface area contributed by atoms with Crippen LogP contribution in [0, 0.1) is 0 Å². The second-order valence-corrected chi connectivity index (χ2v) is 9.03. The Morgan fingerprint density at radius 1 is 0.714 bits per heavy atom. The molecule has 6 rings (SSSR count). The lowest BCUT2D eigenvalue weighted by Crippen LogP contribution is -2.25. The van der Waals surface area contributed by atoms with Gasteiger partial charge in [-0.2, -0.15) is 0 Å². The average molecular weight is 361 g/mol. The summed E-state index contributed by atoms with van der Waals surface area (Å²) in [5.41, 5.74) is 12.1. The minimum atomic E-state index is 0.216. The van der Waals surface area contributed by atoms with Crippen LogP contribution in [0.25, 0.3) is 33.0 Å². The fourth-order valence-corrected chi connectivity index (χ4v) is 5.68. The Morgan fingerprint density at radius 2 is 1.46 bits per heavy atom. The summed E-state index contributed by atoms with van der Waals surface area (Å²) in [5.74, 6) is 0. The van der Waals surface area contributed by atoms with Gasteiger partial charge in [0.05, 0.1) is 0 Å². The molecule has 0 nitrogen and oxygen atoms in total. The molecule has 0 saturated heterocycles. The number of hydrogen-bond acceptors (Lipinski definition) is 0. The molecule has 0 heterocycles. The van der Waals surface area contributed by atoms with Gasteiger partial charge >= 0.3 is 0 Å². The first kappa shape index (κ1) is 16.1. The Hall–Kier alpha value is -2.86. The fraction of sp³-hybridized carbons (Fsp3) is 0.214. The lowest BCUT2D eigenvalue weighted by Gasteiger charge is -2.36. The topological polar surface area (TPSA) is 0 Å². The second kappa shape index (κ2) is 5.58. The van der Waals surface area contributed by atoms with Gasteiger partial charge in [0.1, 0.15) is 0 Å². The van der Waals surface area contributed by atoms with Crippen LogP contribution in [0.3, 0.4) is 0 Å². The molecule has 2 aliphatic rings. The van der Waals surface area contributed by atoms with E-state index in [0.717, 1.165) is 6.42 Å². The molecule has 0 spiro atoms. The van der Waals surface area contributed by atoms with Crippen LogP contribution in [0.15, 0.2) is 72.8 Å². The highest BCUT2D eigenvalue weighted by Crippen LogP contribution is 2.54. The van der Waals surface area contributed by atoms with E-state index in [1.807, 2.05) is 0 Å². The zero-order valence-corrected chi connectivity index (χ0v) is 16.5. The molecule has 0 atom stereocenters. The molecule has 0 N–H and O–H groups in total. The first-order valence-electron chi connectivity index (χ1n) is 10.4. The first-order valence-corrected chi connectivity index (χ1v) is 10.4. The van der Waals surface area contributed by atoms with Crippen molar-refractivity contribution in [1.82, 2.24) is 0 Å². The van der Waals surface area contributed by atoms with Crippen molar-refractivity contribution in [2.24, 2.45) is 0 Å². The summed E-state index contributed by atoms with van der Waals surface area (Å²) in [5, 5.41) is 2.96. The van der Waals surface area contributed by atoms with Crippen LogP contribution in [0.2, 0.25) is 0 Å². The van der Waals surface area contributed by atoms with Crippen LogP contribution >= 0.6 is 0 Å². The van der Waals surface area contributed by atoms with E-state index < -0.39 is 0 Å². The Morgan fingerprint density at radius 3 is 2.32 bits per heavy atom. The molecule has 0 fully saturated rings. The van der Waals surface area contributed by atoms with Gasteiger partial charge in [0.25, 0.3) is 0 Å². The molecule has 4 aromatic rings. The summed E-state index contributed by atoms with van der Waals surface area (Å²) in [6.45, 7) is 4.90. The van der Waals surface area contributed by atoms with Gasteiger partial charge in [0, 0.05) is 0 Å². The summed E-state index contributed by atoms with van der Waals surface area (Å²) in [6, 6.07) is 27.0. The summed E-state index contributed by atoms with van der Waals surface area (Å²) >= 11 is 0. The molecule has 0 radical (unpaired) electrons. The minimum absolute atomic E-state index is 0.216. The van der Waals surface area contributed by atoms with Crippen LogP contribution in [0.4, 0.5) is 0 Å². The van der Waals surface area contributed by atoms with Crippen molar-refractivity contribution in [3.63, 3.8) is 0 Å². The van der Waals surface area contributed by atoms with Gasteiger partial charge in [0.15, 0.2) is 0 Å². The van der Waals surface area contributed by atoms with Crippen molar-refractivity contribution >= 4 is 10.8 Å². The molecule has 4 aromatic carbocycles. The van der Waals surface area contributed by atoms with Crippen molar-refractivity contribution in [3.05, 3.63) is 95.1 Å². The Labute approximate surface area is 166 Å². The Kier molecular flexibility index (Phi) is 3.21. The van der Waals surface area contributed by atoms with E-state index in [2.05, 4.69) is 86.6 Å². The average Bonchev–Trinajstić information content (AvgIpc) is 3.09. The highest BCUT2D eigenvalue weighted by Gasteiger charge is 2.36. The van der Waals surface area contributed by atoms with Crippen molar-refractivity contribution in [3.8, 4) is 22.3 Å². The first-order chi connectivity index (χ1) is 13.6. The van der Waals surface area contributed by atoms with Crippen LogP contribution < -0.4 is 0 Å². The molecule has 0 bridgehead atoms. The lowest BCUT2D eigenvalue weighted by atomic mass is 9.68. The van der Waals surface area contributed by atoms with Crippen LogP contribution in [0.5, 0.6) is 0 Å². The van der Waals surface area contributed by atoms with Crippen LogP contribution in [-0.4, -0.2) is 0 Å². The SMILES string of the molecule is CC1(C)CCc2cccc3c(-c4ccccc4)c4c(c1c23)Cc1ccccc1-4. The normalized spacial score (nSPS) is 16.1. The fourth-order valence-electron chi connectivity index (χ4n) is 5.68. The van der Waals surface area contributed by atoms with E-state index in [1.165, 1.54) is 57.0 Å². The van der Waals surface area contributed by atoms with E-state index in [4.69, 9.17) is 0 Å². The molecule has 0 heteroatoms. The molecule has 136 valence electrons. The van der Waals surface area contributed by atoms with Gasteiger partial charge in [-0.25, -0.2) is 0 Å². The largest absolute Gasteiger partial charge is 0.0622 e. The van der Waals surface area contributed by atoms with Crippen LogP contribution in [-0.2, 0) is 18.3 Å². The van der Waals surface area contributed by atoms with Crippen LogP contribution in [0.1, 0.15) is 42.5 Å². The molecular weight excluding hydrogens is 336 g/mol. The van der Waals surface area contributed by atoms with E-state index in [1.54, 1.807) is 11.1 Å². The van der Waals surface area contributed by atoms with Crippen molar-refractivity contribution in [1.29, 1.82) is 0 Å². The summed E-state index contributed by atoms with van der Waals surface area (Å²) in [4.78, 5) is 0. The molecule has 0 amide bonds. The maximum absolute atomic E-state index is 2.45. The van der Waals surface area contributed by atoms with E-state index >= 15 is 0 Å². The third kappa shape index (κ3) is 2.06. The van der Waals surface area contributed by atoms with E-state index in [-0.39, 0.29) is 5.41 Å². The molecule has 0 aliphatic heterocycles. The lowest BCUT2D eigenvalue weighted by molar-refractivity contribution is 0.471. The van der Waals surface area contributed by atoms with Gasteiger partial charge in [0.2, 0.25) is 0 Å². The maximum atomic E-state index is 2.45. The summed E-state index contributed by atoms with van der Waals surface area (Å²) < 4.78 is 0. The Bertz CT molecular complexity index is 1240. The highest BCUT2D eigenvalue weighted by atomic mass is 14.4. The van der Waals surface area contributed by atoms with E-state index in [0.29, 0.717) is 0 Å². The van der Waals surface area contributed by atoms with Gasteiger partial charge in [-0.05, 0) is 80.0 Å². The second-order valence-electron chi connectivity index (χ2n) is 9.03. The molecule has 0 unspecified atom stereocenters.